The predicted octanol–water partition coefficient (Wildman–Crippen LogP) is 16.5. The number of hydrogen-bond donors (Lipinski definition) is 0. The van der Waals surface area contributed by atoms with Crippen molar-refractivity contribution in [2.24, 2.45) is 0 Å². The Kier molecular flexibility index (Phi) is 31.6. The summed E-state index contributed by atoms with van der Waals surface area (Å²) in [5, 5.41) is 0. The highest BCUT2D eigenvalue weighted by atomic mass is 28.6. The second-order valence-corrected chi connectivity index (χ2v) is 118. The Morgan fingerprint density at radius 3 is 0.109 bits per heavy atom. The first-order valence-electron chi connectivity index (χ1n) is 32.4. The lowest BCUT2D eigenvalue weighted by Gasteiger charge is -2.45. The summed E-state index contributed by atoms with van der Waals surface area (Å²) >= 11 is 0. The van der Waals surface area contributed by atoms with E-state index in [1.165, 1.54) is 0 Å². The van der Waals surface area contributed by atoms with Crippen LogP contribution < -0.4 is 0 Å². The van der Waals surface area contributed by atoms with Gasteiger partial charge in [-0.2, -0.15) is 0 Å². The maximum Gasteiger partial charge on any atom is 0.314 e. The summed E-state index contributed by atoms with van der Waals surface area (Å²) in [6, 6.07) is 0. The zero-order valence-electron chi connectivity index (χ0n) is 66.9. The third-order valence-electron chi connectivity index (χ3n) is 11.3. The van der Waals surface area contributed by atoms with Crippen LogP contribution in [0, 0.1) is 0 Å². The van der Waals surface area contributed by atoms with Gasteiger partial charge in [0.15, 0.2) is 0 Å². The molecule has 1 fully saturated rings. The molecule has 23 nitrogen and oxygen atoms in total. The van der Waals surface area contributed by atoms with Crippen LogP contribution in [0.3, 0.4) is 0 Å². The van der Waals surface area contributed by atoms with Crippen molar-refractivity contribution in [3.8, 4) is 0 Å². The van der Waals surface area contributed by atoms with Crippen molar-refractivity contribution in [1.82, 2.24) is 0 Å². The largest absolute Gasteiger partial charge is 0.416 e. The minimum atomic E-state index is -2.89. The highest BCUT2D eigenvalue weighted by molar-refractivity contribution is 6.97. The van der Waals surface area contributed by atoms with E-state index in [2.05, 4.69) is 301 Å². The van der Waals surface area contributed by atoms with Crippen LogP contribution in [-0.2, 0) is 94.6 Å². The van der Waals surface area contributed by atoms with Gasteiger partial charge in [0.25, 0.3) is 0 Å². The van der Waals surface area contributed by atoms with Gasteiger partial charge in [0.2, 0.25) is 0 Å². The molecule has 0 aliphatic carbocycles. The third-order valence-corrected chi connectivity index (χ3v) is 102. The second-order valence-electron chi connectivity index (χ2n) is 34.5. The lowest BCUT2D eigenvalue weighted by Crippen LogP contribution is -2.63. The second kappa shape index (κ2) is 30.9. The van der Waals surface area contributed by atoms with E-state index in [1.807, 2.05) is 0 Å². The minimum absolute atomic E-state index is 2.05. The van der Waals surface area contributed by atoms with Crippen LogP contribution in [0.2, 0.25) is 301 Å². The molecule has 0 unspecified atom stereocenters. The molecule has 0 saturated carbocycles. The molecular weight excluding hydrogens is 1570 g/mol. The van der Waals surface area contributed by atoms with Crippen molar-refractivity contribution in [2.75, 3.05) is 0 Å². The molecule has 92 heavy (non-hydrogen) atoms. The molecule has 0 N–H and O–H groups in total. The molecule has 0 aromatic rings. The van der Waals surface area contributed by atoms with Gasteiger partial charge in [0.05, 0.1) is 0 Å². The molecule has 552 valence electrons. The van der Waals surface area contributed by atoms with E-state index in [0.29, 0.717) is 0 Å². The van der Waals surface area contributed by atoms with E-state index in [0.717, 1.165) is 0 Å². The van der Waals surface area contributed by atoms with Crippen LogP contribution in [0.5, 0.6) is 0 Å². The zero-order chi connectivity index (χ0) is 73.8. The molecule has 0 atom stereocenters. The summed E-state index contributed by atoms with van der Waals surface area (Å²) in [5.41, 5.74) is 0. The molecule has 0 amide bonds. The van der Waals surface area contributed by atoms with Crippen LogP contribution in [0.4, 0.5) is 0 Å². The third kappa shape index (κ3) is 40.4. The van der Waals surface area contributed by atoms with E-state index in [1.54, 1.807) is 0 Å². The SMILES string of the molecule is C[Si]1(C)O[Si](C)(C)O[Si](C)(C)O[Si](C)(C)O[Si](C)(C)O[Si](C)(C)O[Si](C)(C)O[Si](C)(C)O[Si](C)(C)O[Si](C)(C)O[Si](C)(C)O[Si](C)(C)O[Si](C)(C)O[Si](C)(C)O[Si](C)(C)O[Si](C)(C)O[Si](C)(C)O[Si](C)(C)O[Si](C)(C)O[Si](C)(C)O[Si](C)(C)O[Si](C)(C)O[Si](C)(C)O1. The van der Waals surface area contributed by atoms with Gasteiger partial charge < -0.3 is 94.6 Å². The fourth-order valence-corrected chi connectivity index (χ4v) is 135. The molecule has 0 radical (unpaired) electrons. The summed E-state index contributed by atoms with van der Waals surface area (Å²) in [7, 11) is -66.4. The molecule has 0 aromatic heterocycles. The summed E-state index contributed by atoms with van der Waals surface area (Å²) in [4.78, 5) is 0. The predicted molar refractivity (Wildman–Crippen MR) is 427 cm³/mol. The van der Waals surface area contributed by atoms with Gasteiger partial charge in [0, 0.05) is 0 Å². The van der Waals surface area contributed by atoms with E-state index >= 15 is 0 Å². The van der Waals surface area contributed by atoms with Crippen molar-refractivity contribution >= 4 is 197 Å². The molecule has 1 heterocycles. The van der Waals surface area contributed by atoms with Crippen LogP contribution in [0.15, 0.2) is 0 Å². The Morgan fingerprint density at radius 2 is 0.0870 bits per heavy atom. The van der Waals surface area contributed by atoms with Crippen LogP contribution in [-0.4, -0.2) is 197 Å². The summed E-state index contributed by atoms with van der Waals surface area (Å²) in [6.45, 7) is 94.5. The summed E-state index contributed by atoms with van der Waals surface area (Å²) < 4.78 is 160. The van der Waals surface area contributed by atoms with E-state index < -0.39 is 197 Å². The normalized spacial score (nSPS) is 31.5. The monoisotopic (exact) mass is 1700 g/mol. The Morgan fingerprint density at radius 1 is 0.0652 bits per heavy atom. The Labute approximate surface area is 587 Å². The van der Waals surface area contributed by atoms with E-state index in [9.17, 15) is 0 Å². The quantitative estimate of drug-likeness (QED) is 0.206. The average Bonchev–Trinajstić information content (AvgIpc) is 0.863. The van der Waals surface area contributed by atoms with Crippen molar-refractivity contribution in [3.05, 3.63) is 0 Å². The Hall–Kier alpha value is 4.07. The lowest BCUT2D eigenvalue weighted by atomic mass is 11.9. The molecule has 0 spiro atoms. The smallest absolute Gasteiger partial charge is 0.314 e. The highest BCUT2D eigenvalue weighted by Crippen LogP contribution is 2.37. The molecule has 0 aromatic carbocycles. The molecule has 1 aliphatic heterocycles. The van der Waals surface area contributed by atoms with Crippen LogP contribution in [0.25, 0.3) is 0 Å². The van der Waals surface area contributed by atoms with Crippen molar-refractivity contribution in [2.45, 2.75) is 301 Å². The topological polar surface area (TPSA) is 212 Å². The fourth-order valence-electron chi connectivity index (χ4n) is 14.1. The van der Waals surface area contributed by atoms with Gasteiger partial charge in [-0.15, -0.1) is 0 Å². The Bertz CT molecular complexity index is 1590. The molecule has 0 bridgehead atoms. The molecule has 1 rings (SSSR count). The number of hydrogen-bond acceptors (Lipinski definition) is 23. The first kappa shape index (κ1) is 94.1. The number of rotatable bonds is 0. The molecule has 1 aliphatic rings. The molecular formula is C46H138O23Si23. The lowest BCUT2D eigenvalue weighted by molar-refractivity contribution is 0.248. The van der Waals surface area contributed by atoms with Crippen molar-refractivity contribution < 1.29 is 94.6 Å². The fraction of sp³-hybridized carbons (Fsp3) is 1.00. The first-order chi connectivity index (χ1) is 39.3. The zero-order valence-corrected chi connectivity index (χ0v) is 89.9. The van der Waals surface area contributed by atoms with E-state index in [4.69, 9.17) is 94.6 Å². The van der Waals surface area contributed by atoms with Gasteiger partial charge in [-0.1, -0.05) is 0 Å². The first-order valence-corrected chi connectivity index (χ1v) is 97.2. The maximum absolute atomic E-state index is 6.97. The molecule has 1 saturated heterocycles. The van der Waals surface area contributed by atoms with Crippen LogP contribution >= 0.6 is 0 Å². The van der Waals surface area contributed by atoms with Gasteiger partial charge >= 0.3 is 197 Å². The summed E-state index contributed by atoms with van der Waals surface area (Å²) in [6.07, 6.45) is 0. The van der Waals surface area contributed by atoms with Gasteiger partial charge in [-0.3, -0.25) is 0 Å². The van der Waals surface area contributed by atoms with Crippen molar-refractivity contribution in [3.63, 3.8) is 0 Å². The molecule has 46 heteroatoms. The Balaban J connectivity index is 3.76. The van der Waals surface area contributed by atoms with Gasteiger partial charge in [0.1, 0.15) is 0 Å². The van der Waals surface area contributed by atoms with Gasteiger partial charge in [-0.05, 0) is 301 Å². The minimum Gasteiger partial charge on any atom is -0.416 e. The standard InChI is InChI=1S/C46H138O23Si23/c1-70(2)47-71(3,4)49-73(7,8)51-75(11,12)53-77(15,16)55-79(19,20)57-81(23,24)59-83(27,28)61-85(31,32)63-87(35,36)65-89(39,40)67-91(43,44)69-92(45,46)68-90(41,42)66-88(37,38)64-86(33,34)62-84(29,30)60-82(25,26)58-80(21,22)56-78(17,18)54-76(13,14)52-74(9,10)50-72(5,6)48-70/h1-46H3. The maximum atomic E-state index is 6.97. The highest BCUT2D eigenvalue weighted by Gasteiger charge is 2.56. The van der Waals surface area contributed by atoms with Crippen LogP contribution in [0.1, 0.15) is 0 Å². The van der Waals surface area contributed by atoms with E-state index in [-0.39, 0.29) is 0 Å². The van der Waals surface area contributed by atoms with Gasteiger partial charge in [-0.25, -0.2) is 0 Å². The van der Waals surface area contributed by atoms with Crippen molar-refractivity contribution in [1.29, 1.82) is 0 Å². The summed E-state index contributed by atoms with van der Waals surface area (Å²) in [5.74, 6) is 0. The average molecular weight is 1710 g/mol.